The molecule has 9 heteroatoms. The van der Waals surface area contributed by atoms with Gasteiger partial charge in [-0.15, -0.1) is 0 Å². The second-order valence-electron chi connectivity index (χ2n) is 9.61. The van der Waals surface area contributed by atoms with Gasteiger partial charge in [0.05, 0.1) is 11.9 Å². The SMILES string of the molecule is CC(=O)c1cccc(N(CC(=O)N(CCc2ccccc2)[C@@H](C)C(=O)NC(C)(C)C)S(C)(=O)=O)c1. The lowest BCUT2D eigenvalue weighted by Crippen LogP contribution is -2.55. The number of Topliss-reactive ketones (excluding diaryl/α,β-unsaturated/α-hetero) is 1. The quantitative estimate of drug-likeness (QED) is 0.504. The molecule has 0 radical (unpaired) electrons. The molecule has 190 valence electrons. The zero-order valence-electron chi connectivity index (χ0n) is 21.2. The first-order valence-corrected chi connectivity index (χ1v) is 13.3. The highest BCUT2D eigenvalue weighted by molar-refractivity contribution is 7.92. The van der Waals surface area contributed by atoms with Crippen molar-refractivity contribution in [3.8, 4) is 0 Å². The molecule has 0 saturated carbocycles. The minimum absolute atomic E-state index is 0.211. The van der Waals surface area contributed by atoms with Crippen molar-refractivity contribution in [2.45, 2.75) is 52.6 Å². The Morgan fingerprint density at radius 2 is 1.63 bits per heavy atom. The van der Waals surface area contributed by atoms with Crippen LogP contribution in [0.15, 0.2) is 54.6 Å². The van der Waals surface area contributed by atoms with Crippen molar-refractivity contribution in [2.24, 2.45) is 0 Å². The molecule has 0 fully saturated rings. The van der Waals surface area contributed by atoms with Crippen molar-refractivity contribution in [3.05, 3.63) is 65.7 Å². The van der Waals surface area contributed by atoms with Crippen molar-refractivity contribution >= 4 is 33.3 Å². The molecule has 0 aromatic heterocycles. The van der Waals surface area contributed by atoms with Gasteiger partial charge in [-0.2, -0.15) is 0 Å². The number of nitrogens with zero attached hydrogens (tertiary/aromatic N) is 2. The molecule has 1 N–H and O–H groups in total. The van der Waals surface area contributed by atoms with E-state index in [1.165, 1.54) is 24.0 Å². The number of nitrogens with one attached hydrogen (secondary N) is 1. The maximum atomic E-state index is 13.5. The van der Waals surface area contributed by atoms with Crippen molar-refractivity contribution < 1.29 is 22.8 Å². The third-order valence-electron chi connectivity index (χ3n) is 5.37. The van der Waals surface area contributed by atoms with Gasteiger partial charge in [0.25, 0.3) is 0 Å². The van der Waals surface area contributed by atoms with Gasteiger partial charge < -0.3 is 10.2 Å². The van der Waals surface area contributed by atoms with E-state index in [9.17, 15) is 22.8 Å². The van der Waals surface area contributed by atoms with Crippen molar-refractivity contribution in [1.29, 1.82) is 0 Å². The topological polar surface area (TPSA) is 104 Å². The predicted molar refractivity (Wildman–Crippen MR) is 138 cm³/mol. The Labute approximate surface area is 208 Å². The second kappa shape index (κ2) is 11.5. The van der Waals surface area contributed by atoms with Gasteiger partial charge in [-0.05, 0) is 58.7 Å². The van der Waals surface area contributed by atoms with Gasteiger partial charge in [0.1, 0.15) is 12.6 Å². The fraction of sp³-hybridized carbons (Fsp3) is 0.423. The number of rotatable bonds is 10. The molecule has 2 aromatic carbocycles. The maximum absolute atomic E-state index is 13.5. The molecule has 1 atom stereocenters. The van der Waals surface area contributed by atoms with Crippen LogP contribution in [0.2, 0.25) is 0 Å². The number of hydrogen-bond donors (Lipinski definition) is 1. The molecule has 0 bridgehead atoms. The lowest BCUT2D eigenvalue weighted by atomic mass is 10.1. The Kier molecular flexibility index (Phi) is 9.20. The van der Waals surface area contributed by atoms with Gasteiger partial charge in [0, 0.05) is 17.6 Å². The Hall–Kier alpha value is -3.20. The highest BCUT2D eigenvalue weighted by Gasteiger charge is 2.31. The van der Waals surface area contributed by atoms with Crippen LogP contribution in [-0.2, 0) is 26.0 Å². The molecule has 8 nitrogen and oxygen atoms in total. The molecule has 2 rings (SSSR count). The zero-order valence-corrected chi connectivity index (χ0v) is 22.1. The smallest absolute Gasteiger partial charge is 0.244 e. The van der Waals surface area contributed by atoms with Gasteiger partial charge in [0.2, 0.25) is 21.8 Å². The van der Waals surface area contributed by atoms with Crippen LogP contribution in [0.4, 0.5) is 5.69 Å². The van der Waals surface area contributed by atoms with Gasteiger partial charge in [-0.25, -0.2) is 8.42 Å². The Bertz CT molecular complexity index is 1160. The molecule has 0 saturated heterocycles. The summed E-state index contributed by atoms with van der Waals surface area (Å²) in [6.45, 7) is 8.29. The second-order valence-corrected chi connectivity index (χ2v) is 11.5. The van der Waals surface area contributed by atoms with E-state index in [4.69, 9.17) is 0 Å². The molecule has 2 aromatic rings. The van der Waals surface area contributed by atoms with Crippen LogP contribution < -0.4 is 9.62 Å². The number of hydrogen-bond acceptors (Lipinski definition) is 5. The number of benzene rings is 2. The molecule has 0 unspecified atom stereocenters. The summed E-state index contributed by atoms with van der Waals surface area (Å²) in [6.07, 6.45) is 1.50. The summed E-state index contributed by atoms with van der Waals surface area (Å²) in [5, 5.41) is 2.89. The minimum Gasteiger partial charge on any atom is -0.350 e. The molecule has 2 amide bonds. The van der Waals surface area contributed by atoms with Crippen LogP contribution in [-0.4, -0.2) is 61.8 Å². The largest absolute Gasteiger partial charge is 0.350 e. The molecular weight excluding hydrogens is 466 g/mol. The maximum Gasteiger partial charge on any atom is 0.244 e. The molecular formula is C26H35N3O5S. The minimum atomic E-state index is -3.86. The molecule has 0 aliphatic rings. The molecule has 35 heavy (non-hydrogen) atoms. The van der Waals surface area contributed by atoms with E-state index in [-0.39, 0.29) is 23.9 Å². The van der Waals surface area contributed by atoms with E-state index < -0.39 is 34.1 Å². The number of amides is 2. The van der Waals surface area contributed by atoms with Crippen LogP contribution in [0, 0.1) is 0 Å². The molecule has 0 spiro atoms. The summed E-state index contributed by atoms with van der Waals surface area (Å²) >= 11 is 0. The highest BCUT2D eigenvalue weighted by Crippen LogP contribution is 2.20. The number of sulfonamides is 1. The number of carbonyl (C=O) groups excluding carboxylic acids is 3. The van der Waals surface area contributed by atoms with Gasteiger partial charge in [-0.3, -0.25) is 18.7 Å². The van der Waals surface area contributed by atoms with Gasteiger partial charge >= 0.3 is 0 Å². The molecule has 0 heterocycles. The zero-order chi connectivity index (χ0) is 26.4. The average Bonchev–Trinajstić information content (AvgIpc) is 2.76. The first-order valence-electron chi connectivity index (χ1n) is 11.4. The number of ketones is 1. The third-order valence-corrected chi connectivity index (χ3v) is 6.51. The Morgan fingerprint density at radius 3 is 2.17 bits per heavy atom. The predicted octanol–water partition coefficient (Wildman–Crippen LogP) is 3.03. The third kappa shape index (κ3) is 8.51. The summed E-state index contributed by atoms with van der Waals surface area (Å²) in [5.74, 6) is -1.07. The van der Waals surface area contributed by atoms with Crippen molar-refractivity contribution in [1.82, 2.24) is 10.2 Å². The van der Waals surface area contributed by atoms with E-state index in [1.54, 1.807) is 19.1 Å². The number of anilines is 1. The van der Waals surface area contributed by atoms with Crippen LogP contribution in [0.1, 0.15) is 50.5 Å². The Morgan fingerprint density at radius 1 is 1.00 bits per heavy atom. The summed E-state index contributed by atoms with van der Waals surface area (Å²) in [5.41, 5.74) is 1.04. The van der Waals surface area contributed by atoms with E-state index in [0.717, 1.165) is 16.1 Å². The van der Waals surface area contributed by atoms with Crippen LogP contribution >= 0.6 is 0 Å². The van der Waals surface area contributed by atoms with Gasteiger partial charge in [-0.1, -0.05) is 42.5 Å². The number of carbonyl (C=O) groups is 3. The van der Waals surface area contributed by atoms with E-state index >= 15 is 0 Å². The van der Waals surface area contributed by atoms with E-state index in [1.807, 2.05) is 51.1 Å². The fourth-order valence-electron chi connectivity index (χ4n) is 3.54. The van der Waals surface area contributed by atoms with Crippen molar-refractivity contribution in [3.63, 3.8) is 0 Å². The van der Waals surface area contributed by atoms with Gasteiger partial charge in [0.15, 0.2) is 5.78 Å². The lowest BCUT2D eigenvalue weighted by Gasteiger charge is -2.33. The summed E-state index contributed by atoms with van der Waals surface area (Å²) in [6, 6.07) is 14.8. The first-order chi connectivity index (χ1) is 16.2. The standard InChI is InChI=1S/C26H35N3O5S/c1-19(25(32)27-26(3,4)5)28(16-15-21-11-8-7-9-12-21)24(31)18-29(35(6,33)34)23-14-10-13-22(17-23)20(2)30/h7-14,17,19H,15-16,18H2,1-6H3,(H,27,32)/t19-/m0/s1. The highest BCUT2D eigenvalue weighted by atomic mass is 32.2. The van der Waals surface area contributed by atoms with E-state index in [2.05, 4.69) is 5.32 Å². The average molecular weight is 502 g/mol. The summed E-state index contributed by atoms with van der Waals surface area (Å²) < 4.78 is 26.2. The van der Waals surface area contributed by atoms with Crippen molar-refractivity contribution in [2.75, 3.05) is 23.7 Å². The first kappa shape index (κ1) is 28.0. The van der Waals surface area contributed by atoms with E-state index in [0.29, 0.717) is 12.0 Å². The van der Waals surface area contributed by atoms with Crippen LogP contribution in [0.5, 0.6) is 0 Å². The Balaban J connectivity index is 2.37. The summed E-state index contributed by atoms with van der Waals surface area (Å²) in [4.78, 5) is 39.6. The molecule has 0 aliphatic carbocycles. The fourth-order valence-corrected chi connectivity index (χ4v) is 4.38. The lowest BCUT2D eigenvalue weighted by molar-refractivity contribution is -0.139. The summed E-state index contributed by atoms with van der Waals surface area (Å²) in [7, 11) is -3.86. The monoisotopic (exact) mass is 501 g/mol. The van der Waals surface area contributed by atoms with Crippen LogP contribution in [0.25, 0.3) is 0 Å². The van der Waals surface area contributed by atoms with Crippen LogP contribution in [0.3, 0.4) is 0 Å². The molecule has 0 aliphatic heterocycles. The normalized spacial score (nSPS) is 12.5.